The zero-order chi connectivity index (χ0) is 17.3. The number of anilines is 1. The molecule has 3 aromatic rings. The van der Waals surface area contributed by atoms with Crippen LogP contribution in [-0.4, -0.2) is 27.2 Å². The number of aryl methyl sites for hydroxylation is 2. The predicted octanol–water partition coefficient (Wildman–Crippen LogP) is 2.95. The number of nitrogens with one attached hydrogen (secondary N) is 1. The number of aromatic nitrogens is 1. The smallest absolute Gasteiger partial charge is 0.256 e. The average molecular weight is 342 g/mol. The number of hydrogen-bond acceptors (Lipinski definition) is 5. The molecule has 0 fully saturated rings. The lowest BCUT2D eigenvalue weighted by Crippen LogP contribution is -2.33. The summed E-state index contributed by atoms with van der Waals surface area (Å²) in [5, 5.41) is 23.5. The van der Waals surface area contributed by atoms with Crippen LogP contribution in [0, 0.1) is 13.8 Å². The molecule has 1 amide bonds. The van der Waals surface area contributed by atoms with E-state index in [0.717, 1.165) is 21.3 Å². The summed E-state index contributed by atoms with van der Waals surface area (Å²) in [6, 6.07) is 13.1. The van der Waals surface area contributed by atoms with E-state index in [9.17, 15) is 15.0 Å². The number of fused-ring (bicyclic) bond motifs is 1. The van der Waals surface area contributed by atoms with Gasteiger partial charge in [-0.3, -0.25) is 4.79 Å². The molecule has 6 heteroatoms. The van der Waals surface area contributed by atoms with E-state index in [-0.39, 0.29) is 0 Å². The van der Waals surface area contributed by atoms with Gasteiger partial charge < -0.3 is 15.5 Å². The van der Waals surface area contributed by atoms with Gasteiger partial charge in [0.25, 0.3) is 5.91 Å². The third-order valence-corrected chi connectivity index (χ3v) is 4.89. The number of thiazole rings is 1. The minimum Gasteiger partial charge on any atom is -0.383 e. The fourth-order valence-corrected chi connectivity index (χ4v) is 3.36. The van der Waals surface area contributed by atoms with Crippen LogP contribution in [0.3, 0.4) is 0 Å². The van der Waals surface area contributed by atoms with Crippen molar-refractivity contribution in [2.75, 3.05) is 5.32 Å². The average Bonchev–Trinajstić information content (AvgIpc) is 3.00. The maximum Gasteiger partial charge on any atom is 0.256 e. The number of para-hydroxylation sites is 1. The zero-order valence-corrected chi connectivity index (χ0v) is 14.2. The van der Waals surface area contributed by atoms with Gasteiger partial charge in [0.2, 0.25) is 0 Å². The standard InChI is InChI=1S/C18H18N2O3S/c1-10-7-8-11(2)13(9-10)19-17(23)15(21)16(22)18-20-12-5-3-4-6-14(12)24-18/h3-9,15-16,21-22H,1-2H3,(H,19,23). The number of benzene rings is 2. The van der Waals surface area contributed by atoms with Crippen LogP contribution >= 0.6 is 11.3 Å². The Kier molecular flexibility index (Phi) is 4.62. The molecule has 0 aliphatic heterocycles. The Balaban J connectivity index is 1.78. The van der Waals surface area contributed by atoms with Crippen LogP contribution in [-0.2, 0) is 4.79 Å². The minimum atomic E-state index is -1.59. The summed E-state index contributed by atoms with van der Waals surface area (Å²) in [4.78, 5) is 16.5. The Morgan fingerprint density at radius 3 is 2.67 bits per heavy atom. The minimum absolute atomic E-state index is 0.319. The van der Waals surface area contributed by atoms with Crippen molar-refractivity contribution in [3.8, 4) is 0 Å². The second-order valence-electron chi connectivity index (χ2n) is 5.72. The van der Waals surface area contributed by atoms with E-state index < -0.39 is 18.1 Å². The zero-order valence-electron chi connectivity index (χ0n) is 13.4. The van der Waals surface area contributed by atoms with Crippen molar-refractivity contribution in [2.24, 2.45) is 0 Å². The maximum absolute atomic E-state index is 12.3. The van der Waals surface area contributed by atoms with Gasteiger partial charge in [-0.15, -0.1) is 11.3 Å². The molecule has 0 radical (unpaired) electrons. The van der Waals surface area contributed by atoms with Crippen LogP contribution in [0.2, 0.25) is 0 Å². The highest BCUT2D eigenvalue weighted by molar-refractivity contribution is 7.18. The lowest BCUT2D eigenvalue weighted by atomic mass is 10.1. The van der Waals surface area contributed by atoms with Crippen molar-refractivity contribution in [1.29, 1.82) is 0 Å². The monoisotopic (exact) mass is 342 g/mol. The third-order valence-electron chi connectivity index (χ3n) is 3.78. The molecular formula is C18H18N2O3S. The SMILES string of the molecule is Cc1ccc(C)c(NC(=O)C(O)C(O)c2nc3ccccc3s2)c1. The molecular weight excluding hydrogens is 324 g/mol. The Morgan fingerprint density at radius 2 is 1.92 bits per heavy atom. The second-order valence-corrected chi connectivity index (χ2v) is 6.78. The van der Waals surface area contributed by atoms with E-state index in [1.807, 2.05) is 56.3 Å². The molecule has 0 bridgehead atoms. The third kappa shape index (κ3) is 3.31. The first-order chi connectivity index (χ1) is 11.5. The summed E-state index contributed by atoms with van der Waals surface area (Å²) in [6.45, 7) is 3.78. The largest absolute Gasteiger partial charge is 0.383 e. The highest BCUT2D eigenvalue weighted by Gasteiger charge is 2.28. The van der Waals surface area contributed by atoms with Gasteiger partial charge in [0.1, 0.15) is 11.1 Å². The van der Waals surface area contributed by atoms with Crippen LogP contribution < -0.4 is 5.32 Å². The number of aliphatic hydroxyl groups is 2. The normalized spacial score (nSPS) is 13.7. The van der Waals surface area contributed by atoms with Gasteiger partial charge in [0.05, 0.1) is 10.2 Å². The molecule has 0 aliphatic rings. The van der Waals surface area contributed by atoms with Crippen molar-refractivity contribution >= 4 is 33.1 Å². The highest BCUT2D eigenvalue weighted by Crippen LogP contribution is 2.28. The molecule has 2 unspecified atom stereocenters. The predicted molar refractivity (Wildman–Crippen MR) is 95.1 cm³/mol. The molecule has 0 saturated carbocycles. The molecule has 3 N–H and O–H groups in total. The van der Waals surface area contributed by atoms with Crippen LogP contribution in [0.5, 0.6) is 0 Å². The van der Waals surface area contributed by atoms with Gasteiger partial charge in [-0.1, -0.05) is 24.3 Å². The molecule has 0 aliphatic carbocycles. The van der Waals surface area contributed by atoms with Crippen molar-refractivity contribution in [3.05, 3.63) is 58.6 Å². The topological polar surface area (TPSA) is 82.5 Å². The summed E-state index contributed by atoms with van der Waals surface area (Å²) < 4.78 is 0.897. The first-order valence-corrected chi connectivity index (χ1v) is 8.37. The summed E-state index contributed by atoms with van der Waals surface area (Å²) in [6.07, 6.45) is -2.96. The van der Waals surface area contributed by atoms with Crippen LogP contribution in [0.15, 0.2) is 42.5 Å². The van der Waals surface area contributed by atoms with Gasteiger partial charge in [0, 0.05) is 5.69 Å². The maximum atomic E-state index is 12.3. The van der Waals surface area contributed by atoms with Gasteiger partial charge in [-0.25, -0.2) is 4.98 Å². The molecule has 0 spiro atoms. The fraction of sp³-hybridized carbons (Fsp3) is 0.222. The molecule has 0 saturated heterocycles. The van der Waals surface area contributed by atoms with E-state index >= 15 is 0 Å². The molecule has 24 heavy (non-hydrogen) atoms. The summed E-state index contributed by atoms with van der Waals surface area (Å²) in [5.74, 6) is -0.657. The molecule has 1 heterocycles. The van der Waals surface area contributed by atoms with E-state index in [1.54, 1.807) is 0 Å². The molecule has 2 aromatic carbocycles. The van der Waals surface area contributed by atoms with E-state index in [2.05, 4.69) is 10.3 Å². The van der Waals surface area contributed by atoms with Crippen molar-refractivity contribution in [1.82, 2.24) is 4.98 Å². The van der Waals surface area contributed by atoms with Crippen molar-refractivity contribution in [3.63, 3.8) is 0 Å². The van der Waals surface area contributed by atoms with Crippen molar-refractivity contribution in [2.45, 2.75) is 26.1 Å². The molecule has 3 rings (SSSR count). The van der Waals surface area contributed by atoms with E-state index in [1.165, 1.54) is 11.3 Å². The van der Waals surface area contributed by atoms with Gasteiger partial charge >= 0.3 is 0 Å². The van der Waals surface area contributed by atoms with E-state index in [4.69, 9.17) is 0 Å². The number of hydrogen-bond donors (Lipinski definition) is 3. The Bertz CT molecular complexity index is 858. The summed E-state index contributed by atoms with van der Waals surface area (Å²) >= 11 is 1.26. The number of rotatable bonds is 4. The van der Waals surface area contributed by atoms with Gasteiger partial charge in [-0.05, 0) is 43.2 Å². The Labute approximate surface area is 143 Å². The Morgan fingerprint density at radius 1 is 1.17 bits per heavy atom. The first-order valence-electron chi connectivity index (χ1n) is 7.55. The van der Waals surface area contributed by atoms with Crippen LogP contribution in [0.4, 0.5) is 5.69 Å². The lowest BCUT2D eigenvalue weighted by molar-refractivity contribution is -0.129. The number of carbonyl (C=O) groups is 1. The van der Waals surface area contributed by atoms with Crippen molar-refractivity contribution < 1.29 is 15.0 Å². The highest BCUT2D eigenvalue weighted by atomic mass is 32.1. The number of nitrogens with zero attached hydrogens (tertiary/aromatic N) is 1. The Hall–Kier alpha value is -2.28. The molecule has 1 aromatic heterocycles. The first kappa shape index (κ1) is 16.6. The molecule has 2 atom stereocenters. The van der Waals surface area contributed by atoms with Crippen LogP contribution in [0.25, 0.3) is 10.2 Å². The second kappa shape index (κ2) is 6.68. The van der Waals surface area contributed by atoms with Gasteiger partial charge in [-0.2, -0.15) is 0 Å². The van der Waals surface area contributed by atoms with Crippen LogP contribution in [0.1, 0.15) is 22.2 Å². The number of aliphatic hydroxyl groups excluding tert-OH is 2. The molecule has 124 valence electrons. The molecule has 5 nitrogen and oxygen atoms in total. The lowest BCUT2D eigenvalue weighted by Gasteiger charge is -2.16. The summed E-state index contributed by atoms with van der Waals surface area (Å²) in [7, 11) is 0. The van der Waals surface area contributed by atoms with E-state index in [0.29, 0.717) is 10.7 Å². The number of amides is 1. The van der Waals surface area contributed by atoms with Gasteiger partial charge in [0.15, 0.2) is 6.10 Å². The quantitative estimate of drug-likeness (QED) is 0.681. The number of carbonyl (C=O) groups excluding carboxylic acids is 1. The fourth-order valence-electron chi connectivity index (χ4n) is 2.37. The summed E-state index contributed by atoms with van der Waals surface area (Å²) in [5.41, 5.74) is 3.24.